The minimum absolute atomic E-state index is 0.0338. The van der Waals surface area contributed by atoms with Gasteiger partial charge in [0.15, 0.2) is 0 Å². The zero-order valence-electron chi connectivity index (χ0n) is 20.0. The number of sulfonamides is 1. The van der Waals surface area contributed by atoms with Crippen LogP contribution in [0, 0.1) is 5.82 Å². The smallest absolute Gasteiger partial charge is 0.230 e. The predicted octanol–water partition coefficient (Wildman–Crippen LogP) is 3.30. The number of carbonyl (C=O) groups excluding carboxylic acids is 1. The van der Waals surface area contributed by atoms with E-state index < -0.39 is 26.5 Å². The zero-order valence-corrected chi connectivity index (χ0v) is 20.9. The molecule has 2 aromatic carbocycles. The van der Waals surface area contributed by atoms with E-state index in [1.54, 1.807) is 19.2 Å². The summed E-state index contributed by atoms with van der Waals surface area (Å²) in [4.78, 5) is 13.1. The first-order valence-corrected chi connectivity index (χ1v) is 13.6. The van der Waals surface area contributed by atoms with Crippen molar-refractivity contribution in [1.29, 1.82) is 0 Å². The lowest BCUT2D eigenvalue weighted by Crippen LogP contribution is -2.48. The third-order valence-corrected chi connectivity index (χ3v) is 9.35. The second-order valence-corrected chi connectivity index (χ2v) is 11.3. The van der Waals surface area contributed by atoms with Gasteiger partial charge in [0.05, 0.1) is 12.0 Å². The summed E-state index contributed by atoms with van der Waals surface area (Å²) in [6.45, 7) is 1.90. The van der Waals surface area contributed by atoms with E-state index in [1.807, 2.05) is 30.3 Å². The highest BCUT2D eigenvalue weighted by molar-refractivity contribution is 7.89. The summed E-state index contributed by atoms with van der Waals surface area (Å²) in [5.74, 6) is -0.676. The number of ether oxygens (including phenoxy) is 2. The van der Waals surface area contributed by atoms with Gasteiger partial charge in [0.2, 0.25) is 15.9 Å². The monoisotopic (exact) mass is 504 g/mol. The van der Waals surface area contributed by atoms with E-state index in [4.69, 9.17) is 9.47 Å². The molecule has 2 fully saturated rings. The molecule has 2 aliphatic rings. The Morgan fingerprint density at radius 1 is 1.20 bits per heavy atom. The Labute approximate surface area is 206 Å². The highest BCUT2D eigenvalue weighted by Gasteiger charge is 2.42. The minimum Gasteiger partial charge on any atom is -0.383 e. The maximum atomic E-state index is 15.4. The molecule has 1 atom stereocenters. The average Bonchev–Trinajstić information content (AvgIpc) is 2.87. The van der Waals surface area contributed by atoms with Gasteiger partial charge in [0, 0.05) is 45.5 Å². The number of halogens is 1. The molecule has 0 aliphatic carbocycles. The molecule has 0 aromatic heterocycles. The van der Waals surface area contributed by atoms with Crippen LogP contribution in [0.2, 0.25) is 0 Å². The number of hydrogen-bond donors (Lipinski definition) is 1. The first-order chi connectivity index (χ1) is 16.9. The van der Waals surface area contributed by atoms with Crippen molar-refractivity contribution in [3.05, 3.63) is 71.0 Å². The van der Waals surface area contributed by atoms with Gasteiger partial charge in [-0.3, -0.25) is 4.79 Å². The van der Waals surface area contributed by atoms with Crippen LogP contribution in [-0.2, 0) is 36.3 Å². The molecule has 4 rings (SSSR count). The molecule has 2 aromatic rings. The van der Waals surface area contributed by atoms with Crippen molar-refractivity contribution in [1.82, 2.24) is 9.62 Å². The number of amides is 1. The highest BCUT2D eigenvalue weighted by atomic mass is 32.2. The molecule has 0 saturated carbocycles. The first-order valence-electron chi connectivity index (χ1n) is 12.1. The molecule has 190 valence electrons. The Morgan fingerprint density at radius 2 is 1.94 bits per heavy atom. The first kappa shape index (κ1) is 25.8. The summed E-state index contributed by atoms with van der Waals surface area (Å²) >= 11 is 0. The molecular weight excluding hydrogens is 471 g/mol. The standard InChI is InChI=1S/C26H33FN2O5S/c1-33-17-13-28-25(30)26(11-15-34-16-12-26)22-10-9-21(23(27)18-22)19-29-14-5-8-24(35(29,31)32)20-6-3-2-4-7-20/h2-4,6-7,9-10,18,24H,5,8,11-17,19H2,1H3,(H,28,30)/t24-/m1/s1. The topological polar surface area (TPSA) is 84.9 Å². The molecule has 7 nitrogen and oxygen atoms in total. The Bertz CT molecular complexity index is 1120. The van der Waals surface area contributed by atoms with Crippen LogP contribution in [0.3, 0.4) is 0 Å². The van der Waals surface area contributed by atoms with E-state index in [-0.39, 0.29) is 12.5 Å². The molecule has 2 saturated heterocycles. The number of nitrogens with zero attached hydrogens (tertiary/aromatic N) is 1. The van der Waals surface area contributed by atoms with E-state index in [0.29, 0.717) is 69.7 Å². The van der Waals surface area contributed by atoms with Gasteiger partial charge >= 0.3 is 0 Å². The lowest BCUT2D eigenvalue weighted by atomic mass is 9.73. The fourth-order valence-electron chi connectivity index (χ4n) is 5.05. The molecule has 9 heteroatoms. The summed E-state index contributed by atoms with van der Waals surface area (Å²) in [7, 11) is -2.06. The van der Waals surface area contributed by atoms with E-state index >= 15 is 4.39 Å². The number of carbonyl (C=O) groups is 1. The van der Waals surface area contributed by atoms with Gasteiger partial charge in [-0.1, -0.05) is 42.5 Å². The van der Waals surface area contributed by atoms with Crippen LogP contribution >= 0.6 is 0 Å². The fraction of sp³-hybridized carbons (Fsp3) is 0.500. The molecule has 2 aliphatic heterocycles. The SMILES string of the molecule is COCCNC(=O)C1(c2ccc(CN3CCC[C@H](c4ccccc4)S3(=O)=O)c(F)c2)CCOCC1. The van der Waals surface area contributed by atoms with Crippen molar-refractivity contribution in [2.45, 2.75) is 42.9 Å². The molecule has 1 N–H and O–H groups in total. The summed E-state index contributed by atoms with van der Waals surface area (Å²) in [5, 5.41) is 2.27. The van der Waals surface area contributed by atoms with Crippen molar-refractivity contribution in [2.24, 2.45) is 0 Å². The maximum Gasteiger partial charge on any atom is 0.230 e. The highest BCUT2D eigenvalue weighted by Crippen LogP contribution is 2.38. The van der Waals surface area contributed by atoms with E-state index in [9.17, 15) is 13.2 Å². The van der Waals surface area contributed by atoms with Crippen LogP contribution < -0.4 is 5.32 Å². The van der Waals surface area contributed by atoms with Gasteiger partial charge in [-0.05, 0) is 42.9 Å². The fourth-order valence-corrected chi connectivity index (χ4v) is 7.08. The van der Waals surface area contributed by atoms with Gasteiger partial charge in [0.1, 0.15) is 11.1 Å². The van der Waals surface area contributed by atoms with Crippen LogP contribution in [0.1, 0.15) is 47.6 Å². The average molecular weight is 505 g/mol. The third-order valence-electron chi connectivity index (χ3n) is 7.09. The Kier molecular flexibility index (Phi) is 8.21. The van der Waals surface area contributed by atoms with Crippen molar-refractivity contribution in [3.63, 3.8) is 0 Å². The summed E-state index contributed by atoms with van der Waals surface area (Å²) in [5.41, 5.74) is 0.753. The predicted molar refractivity (Wildman–Crippen MR) is 131 cm³/mol. The Morgan fingerprint density at radius 3 is 2.63 bits per heavy atom. The number of hydrogen-bond acceptors (Lipinski definition) is 5. The molecule has 1 amide bonds. The number of rotatable bonds is 8. The minimum atomic E-state index is -3.63. The second kappa shape index (κ2) is 11.2. The molecule has 0 unspecified atom stereocenters. The van der Waals surface area contributed by atoms with E-state index in [2.05, 4.69) is 5.32 Å². The lowest BCUT2D eigenvalue weighted by Gasteiger charge is -2.36. The quantitative estimate of drug-likeness (QED) is 0.558. The Balaban J connectivity index is 1.56. The summed E-state index contributed by atoms with van der Waals surface area (Å²) in [6.07, 6.45) is 2.16. The van der Waals surface area contributed by atoms with Gasteiger partial charge in [-0.2, -0.15) is 4.31 Å². The molecule has 0 spiro atoms. The number of benzene rings is 2. The zero-order chi connectivity index (χ0) is 24.9. The lowest BCUT2D eigenvalue weighted by molar-refractivity contribution is -0.130. The van der Waals surface area contributed by atoms with Gasteiger partial charge in [-0.25, -0.2) is 12.8 Å². The van der Waals surface area contributed by atoms with Crippen LogP contribution in [0.4, 0.5) is 4.39 Å². The van der Waals surface area contributed by atoms with Crippen molar-refractivity contribution < 1.29 is 27.1 Å². The molecule has 35 heavy (non-hydrogen) atoms. The van der Waals surface area contributed by atoms with Crippen LogP contribution in [0.5, 0.6) is 0 Å². The maximum absolute atomic E-state index is 15.4. The molecule has 0 bridgehead atoms. The normalized spacial score (nSPS) is 21.9. The van der Waals surface area contributed by atoms with Gasteiger partial charge < -0.3 is 14.8 Å². The largest absolute Gasteiger partial charge is 0.383 e. The van der Waals surface area contributed by atoms with Crippen LogP contribution in [-0.4, -0.2) is 58.7 Å². The summed E-state index contributed by atoms with van der Waals surface area (Å²) < 4.78 is 53.9. The van der Waals surface area contributed by atoms with E-state index in [0.717, 1.165) is 5.56 Å². The molecular formula is C26H33FN2O5S. The van der Waals surface area contributed by atoms with Crippen molar-refractivity contribution >= 4 is 15.9 Å². The van der Waals surface area contributed by atoms with Gasteiger partial charge in [0.25, 0.3) is 0 Å². The number of nitrogens with one attached hydrogen (secondary N) is 1. The summed E-state index contributed by atoms with van der Waals surface area (Å²) in [6, 6.07) is 13.9. The number of methoxy groups -OCH3 is 1. The van der Waals surface area contributed by atoms with Crippen molar-refractivity contribution in [3.8, 4) is 0 Å². The van der Waals surface area contributed by atoms with E-state index in [1.165, 1.54) is 10.4 Å². The van der Waals surface area contributed by atoms with Crippen molar-refractivity contribution in [2.75, 3.05) is 40.0 Å². The second-order valence-electron chi connectivity index (χ2n) is 9.17. The van der Waals surface area contributed by atoms with Gasteiger partial charge in [-0.15, -0.1) is 0 Å². The Hall–Kier alpha value is -2.33. The molecule has 0 radical (unpaired) electrons. The molecule has 2 heterocycles. The van der Waals surface area contributed by atoms with Crippen LogP contribution in [0.25, 0.3) is 0 Å². The van der Waals surface area contributed by atoms with Crippen LogP contribution in [0.15, 0.2) is 48.5 Å². The third kappa shape index (κ3) is 5.43.